The van der Waals surface area contributed by atoms with Crippen LogP contribution in [0.4, 0.5) is 0 Å². The molecule has 26 heavy (non-hydrogen) atoms. The van der Waals surface area contributed by atoms with Crippen molar-refractivity contribution in [2.75, 3.05) is 46.9 Å². The zero-order valence-electron chi connectivity index (χ0n) is 15.9. The van der Waals surface area contributed by atoms with E-state index in [1.165, 1.54) is 60.6 Å². The van der Waals surface area contributed by atoms with Crippen LogP contribution in [0.3, 0.4) is 0 Å². The Kier molecular flexibility index (Phi) is 5.09. The van der Waals surface area contributed by atoms with Crippen molar-refractivity contribution >= 4 is 5.57 Å². The number of methoxy groups -OCH3 is 1. The molecule has 136 valence electrons. The molecule has 0 aromatic heterocycles. The molecule has 0 N–H and O–H groups in total. The van der Waals surface area contributed by atoms with Crippen LogP contribution in [-0.4, -0.2) is 56.7 Å². The van der Waals surface area contributed by atoms with E-state index in [0.717, 1.165) is 18.6 Å². The van der Waals surface area contributed by atoms with Gasteiger partial charge in [0.15, 0.2) is 0 Å². The van der Waals surface area contributed by atoms with Crippen molar-refractivity contribution in [2.24, 2.45) is 0 Å². The van der Waals surface area contributed by atoms with Gasteiger partial charge in [-0.05, 0) is 59.8 Å². The largest absolute Gasteiger partial charge is 0.497 e. The van der Waals surface area contributed by atoms with Crippen molar-refractivity contribution in [1.82, 2.24) is 9.80 Å². The van der Waals surface area contributed by atoms with Crippen molar-refractivity contribution in [3.05, 3.63) is 59.7 Å². The maximum Gasteiger partial charge on any atom is 0.118 e. The van der Waals surface area contributed by atoms with Crippen LogP contribution in [0.25, 0.3) is 16.7 Å². The number of fused-ring (bicyclic) bond motifs is 1. The minimum Gasteiger partial charge on any atom is -0.497 e. The second kappa shape index (κ2) is 7.65. The van der Waals surface area contributed by atoms with E-state index in [2.05, 4.69) is 53.3 Å². The summed E-state index contributed by atoms with van der Waals surface area (Å²) in [7, 11) is 3.93. The molecular formula is C23H28N2O. The number of rotatable bonds is 5. The first-order chi connectivity index (χ1) is 12.7. The van der Waals surface area contributed by atoms with Crippen LogP contribution in [0.15, 0.2) is 48.5 Å². The van der Waals surface area contributed by atoms with Gasteiger partial charge in [-0.25, -0.2) is 0 Å². The molecule has 3 nitrogen and oxygen atoms in total. The molecule has 0 spiro atoms. The highest BCUT2D eigenvalue weighted by atomic mass is 16.5. The molecule has 0 atom stereocenters. The zero-order valence-corrected chi connectivity index (χ0v) is 15.9. The molecule has 0 unspecified atom stereocenters. The van der Waals surface area contributed by atoms with Gasteiger partial charge >= 0.3 is 0 Å². The second-order valence-corrected chi connectivity index (χ2v) is 7.39. The fraction of sp³-hybridized carbons (Fsp3) is 0.391. The summed E-state index contributed by atoms with van der Waals surface area (Å²) in [6, 6.07) is 15.2. The lowest BCUT2D eigenvalue weighted by atomic mass is 9.94. The van der Waals surface area contributed by atoms with Crippen molar-refractivity contribution in [1.29, 1.82) is 0 Å². The number of likely N-dealkylation sites (N-methyl/N-ethyl adjacent to an activating group) is 1. The summed E-state index contributed by atoms with van der Waals surface area (Å²) >= 11 is 0. The van der Waals surface area contributed by atoms with E-state index in [1.54, 1.807) is 7.11 Å². The second-order valence-electron chi connectivity index (χ2n) is 7.39. The van der Waals surface area contributed by atoms with Crippen molar-refractivity contribution in [2.45, 2.75) is 12.8 Å². The highest BCUT2D eigenvalue weighted by Crippen LogP contribution is 2.37. The molecule has 1 aliphatic heterocycles. The highest BCUT2D eigenvalue weighted by Gasteiger charge is 2.19. The summed E-state index contributed by atoms with van der Waals surface area (Å²) in [5.74, 6) is 0.910. The van der Waals surface area contributed by atoms with Gasteiger partial charge in [0, 0.05) is 32.7 Å². The molecule has 1 heterocycles. The number of benzene rings is 2. The van der Waals surface area contributed by atoms with E-state index < -0.39 is 0 Å². The van der Waals surface area contributed by atoms with Gasteiger partial charge in [-0.3, -0.25) is 0 Å². The van der Waals surface area contributed by atoms with Crippen molar-refractivity contribution in [3.63, 3.8) is 0 Å². The molecule has 2 aromatic carbocycles. The molecule has 0 radical (unpaired) electrons. The standard InChI is InChI=1S/C23H28N2O/c1-24-14-16-25(17-15-24)13-12-19-8-11-23-21(4-3-5-22(19)23)18-6-9-20(26-2)10-7-18/h3-10H,11-17H2,1-2H3. The third kappa shape index (κ3) is 3.55. The van der Waals surface area contributed by atoms with Gasteiger partial charge in [0.05, 0.1) is 7.11 Å². The lowest BCUT2D eigenvalue weighted by Crippen LogP contribution is -2.44. The maximum absolute atomic E-state index is 5.29. The van der Waals surface area contributed by atoms with Crippen LogP contribution in [0.5, 0.6) is 5.75 Å². The van der Waals surface area contributed by atoms with Gasteiger partial charge < -0.3 is 14.5 Å². The number of ether oxygens (including phenoxy) is 1. The Morgan fingerprint density at radius 2 is 1.65 bits per heavy atom. The van der Waals surface area contributed by atoms with Crippen molar-refractivity contribution < 1.29 is 4.74 Å². The minimum atomic E-state index is 0.910. The van der Waals surface area contributed by atoms with Crippen molar-refractivity contribution in [3.8, 4) is 16.9 Å². The summed E-state index contributed by atoms with van der Waals surface area (Å²) in [4.78, 5) is 5.02. The van der Waals surface area contributed by atoms with Gasteiger partial charge in [-0.1, -0.05) is 36.4 Å². The average Bonchev–Trinajstić information content (AvgIpc) is 3.11. The molecule has 0 bridgehead atoms. The number of hydrogen-bond acceptors (Lipinski definition) is 3. The van der Waals surface area contributed by atoms with Gasteiger partial charge in [-0.15, -0.1) is 0 Å². The lowest BCUT2D eigenvalue weighted by Gasteiger charge is -2.32. The minimum absolute atomic E-state index is 0.910. The van der Waals surface area contributed by atoms with Crippen LogP contribution in [0.1, 0.15) is 17.5 Å². The lowest BCUT2D eigenvalue weighted by molar-refractivity contribution is 0.157. The van der Waals surface area contributed by atoms with Gasteiger partial charge in [0.25, 0.3) is 0 Å². The molecule has 0 saturated carbocycles. The first-order valence-electron chi connectivity index (χ1n) is 9.61. The summed E-state index contributed by atoms with van der Waals surface area (Å²) in [5, 5.41) is 0. The Hall–Kier alpha value is -2.10. The molecule has 4 rings (SSSR count). The van der Waals surface area contributed by atoms with E-state index in [9.17, 15) is 0 Å². The molecule has 1 fully saturated rings. The molecular weight excluding hydrogens is 320 g/mol. The Bertz CT molecular complexity index is 786. The number of nitrogens with zero attached hydrogens (tertiary/aromatic N) is 2. The predicted octanol–water partition coefficient (Wildman–Crippen LogP) is 3.94. The Morgan fingerprint density at radius 3 is 2.38 bits per heavy atom. The molecule has 2 aliphatic rings. The summed E-state index contributed by atoms with van der Waals surface area (Å²) in [6.07, 6.45) is 4.64. The number of piperazine rings is 1. The fourth-order valence-electron chi connectivity index (χ4n) is 4.07. The first kappa shape index (κ1) is 17.3. The average molecular weight is 348 g/mol. The van der Waals surface area contributed by atoms with E-state index in [1.807, 2.05) is 12.1 Å². The highest BCUT2D eigenvalue weighted by molar-refractivity contribution is 5.81. The van der Waals surface area contributed by atoms with Crippen LogP contribution in [-0.2, 0) is 6.42 Å². The first-order valence-corrected chi connectivity index (χ1v) is 9.61. The normalized spacial score (nSPS) is 17.8. The van der Waals surface area contributed by atoms with Crippen LogP contribution < -0.4 is 4.74 Å². The number of hydrogen-bond donors (Lipinski definition) is 0. The van der Waals surface area contributed by atoms with E-state index in [-0.39, 0.29) is 0 Å². The summed E-state index contributed by atoms with van der Waals surface area (Å²) in [5.41, 5.74) is 7.08. The fourth-order valence-corrected chi connectivity index (χ4v) is 4.07. The van der Waals surface area contributed by atoms with Crippen LogP contribution >= 0.6 is 0 Å². The molecule has 2 aromatic rings. The Balaban J connectivity index is 1.48. The monoisotopic (exact) mass is 348 g/mol. The van der Waals surface area contributed by atoms with E-state index >= 15 is 0 Å². The Morgan fingerprint density at radius 1 is 0.923 bits per heavy atom. The van der Waals surface area contributed by atoms with Crippen LogP contribution in [0.2, 0.25) is 0 Å². The molecule has 0 amide bonds. The predicted molar refractivity (Wildman–Crippen MR) is 109 cm³/mol. The third-order valence-electron chi connectivity index (χ3n) is 5.77. The van der Waals surface area contributed by atoms with E-state index in [0.29, 0.717) is 0 Å². The van der Waals surface area contributed by atoms with Gasteiger partial charge in [0.1, 0.15) is 5.75 Å². The topological polar surface area (TPSA) is 15.7 Å². The quantitative estimate of drug-likeness (QED) is 0.814. The Labute approximate surface area is 156 Å². The smallest absolute Gasteiger partial charge is 0.118 e. The molecule has 1 saturated heterocycles. The molecule has 1 aliphatic carbocycles. The van der Waals surface area contributed by atoms with Crippen LogP contribution in [0, 0.1) is 0 Å². The van der Waals surface area contributed by atoms with Gasteiger partial charge in [-0.2, -0.15) is 0 Å². The number of allylic oxidation sites excluding steroid dienone is 1. The summed E-state index contributed by atoms with van der Waals surface area (Å²) in [6.45, 7) is 5.95. The third-order valence-corrected chi connectivity index (χ3v) is 5.77. The van der Waals surface area contributed by atoms with Gasteiger partial charge in [0.2, 0.25) is 0 Å². The van der Waals surface area contributed by atoms with E-state index in [4.69, 9.17) is 4.74 Å². The SMILES string of the molecule is COc1ccc(-c2cccc3c2CC=C3CCN2CCN(C)CC2)cc1. The zero-order chi connectivity index (χ0) is 17.9. The maximum atomic E-state index is 5.29. The summed E-state index contributed by atoms with van der Waals surface area (Å²) < 4.78 is 5.29. The molecule has 3 heteroatoms.